The lowest BCUT2D eigenvalue weighted by atomic mass is 10.0. The maximum atomic E-state index is 13.5. The number of rotatable bonds is 6. The monoisotopic (exact) mass is 359 g/mol. The van der Waals surface area contributed by atoms with Crippen molar-refractivity contribution in [2.75, 3.05) is 6.54 Å². The van der Waals surface area contributed by atoms with Crippen molar-refractivity contribution in [3.8, 4) is 0 Å². The Kier molecular flexibility index (Phi) is 5.64. The smallest absolute Gasteiger partial charge is 0.169 e. The Labute approximate surface area is 131 Å². The molecule has 0 saturated heterocycles. The van der Waals surface area contributed by atoms with Gasteiger partial charge in [0.25, 0.3) is 0 Å². The van der Waals surface area contributed by atoms with Gasteiger partial charge >= 0.3 is 0 Å². The fourth-order valence-electron chi connectivity index (χ4n) is 2.03. The van der Waals surface area contributed by atoms with Crippen molar-refractivity contribution in [3.63, 3.8) is 0 Å². The average Bonchev–Trinajstić information content (AvgIpc) is 2.86. The van der Waals surface area contributed by atoms with Crippen LogP contribution in [-0.2, 0) is 6.42 Å². The normalized spacial score (nSPS) is 12.6. The third kappa shape index (κ3) is 3.84. The van der Waals surface area contributed by atoms with Crippen LogP contribution in [0.15, 0.2) is 39.4 Å². The largest absolute Gasteiger partial charge is 0.453 e. The predicted molar refractivity (Wildman–Crippen MR) is 82.6 cm³/mol. The lowest BCUT2D eigenvalue weighted by molar-refractivity contribution is 0.399. The van der Waals surface area contributed by atoms with E-state index in [1.165, 1.54) is 6.07 Å². The maximum absolute atomic E-state index is 13.5. The molecule has 1 heterocycles. The van der Waals surface area contributed by atoms with Crippen LogP contribution in [-0.4, -0.2) is 6.54 Å². The van der Waals surface area contributed by atoms with Crippen LogP contribution in [0.3, 0.4) is 0 Å². The van der Waals surface area contributed by atoms with E-state index in [-0.39, 0.29) is 16.9 Å². The Morgan fingerprint density at radius 2 is 2.15 bits per heavy atom. The van der Waals surface area contributed by atoms with Crippen molar-refractivity contribution in [3.05, 3.63) is 57.2 Å². The first-order valence-electron chi connectivity index (χ1n) is 6.53. The highest BCUT2D eigenvalue weighted by Crippen LogP contribution is 2.27. The lowest BCUT2D eigenvalue weighted by Crippen LogP contribution is -2.23. The third-order valence-electron chi connectivity index (χ3n) is 3.03. The Balaban J connectivity index is 2.21. The number of nitrogens with one attached hydrogen (secondary N) is 1. The molecular weight excluding hydrogens is 345 g/mol. The molecule has 2 aromatic rings. The van der Waals surface area contributed by atoms with Crippen LogP contribution in [0.25, 0.3) is 0 Å². The fourth-order valence-corrected chi connectivity index (χ4v) is 2.56. The van der Waals surface area contributed by atoms with Crippen LogP contribution < -0.4 is 5.32 Å². The van der Waals surface area contributed by atoms with Gasteiger partial charge in [0.2, 0.25) is 0 Å². The predicted octanol–water partition coefficient (Wildman–Crippen LogP) is 5.12. The van der Waals surface area contributed by atoms with Crippen LogP contribution in [0.5, 0.6) is 0 Å². The summed E-state index contributed by atoms with van der Waals surface area (Å²) >= 11 is 9.32. The van der Waals surface area contributed by atoms with E-state index in [0.29, 0.717) is 11.1 Å². The first kappa shape index (κ1) is 15.5. The molecule has 0 bridgehead atoms. The molecule has 108 valence electrons. The lowest BCUT2D eigenvalue weighted by Gasteiger charge is -2.17. The van der Waals surface area contributed by atoms with Gasteiger partial charge in [0, 0.05) is 0 Å². The Morgan fingerprint density at radius 3 is 2.80 bits per heavy atom. The summed E-state index contributed by atoms with van der Waals surface area (Å²) < 4.78 is 19.8. The highest BCUT2D eigenvalue weighted by molar-refractivity contribution is 9.10. The van der Waals surface area contributed by atoms with Gasteiger partial charge in [-0.15, -0.1) is 0 Å². The summed E-state index contributed by atoms with van der Waals surface area (Å²) in [7, 11) is 0. The van der Waals surface area contributed by atoms with Crippen LogP contribution in [0.2, 0.25) is 5.02 Å². The molecule has 0 aliphatic heterocycles. The van der Waals surface area contributed by atoms with Gasteiger partial charge in [0.1, 0.15) is 11.6 Å². The van der Waals surface area contributed by atoms with Crippen molar-refractivity contribution in [1.82, 2.24) is 5.32 Å². The molecule has 0 saturated carbocycles. The van der Waals surface area contributed by atoms with E-state index in [0.717, 1.165) is 24.3 Å². The van der Waals surface area contributed by atoms with Gasteiger partial charge in [-0.3, -0.25) is 0 Å². The first-order chi connectivity index (χ1) is 9.61. The van der Waals surface area contributed by atoms with E-state index in [9.17, 15) is 4.39 Å². The molecule has 1 aromatic heterocycles. The second kappa shape index (κ2) is 7.25. The molecule has 1 atom stereocenters. The van der Waals surface area contributed by atoms with E-state index in [1.54, 1.807) is 6.07 Å². The molecule has 5 heteroatoms. The Morgan fingerprint density at radius 1 is 1.35 bits per heavy atom. The molecule has 0 fully saturated rings. The van der Waals surface area contributed by atoms with Gasteiger partial charge in [-0.05, 0) is 59.1 Å². The molecule has 0 aliphatic rings. The van der Waals surface area contributed by atoms with Gasteiger partial charge in [0.15, 0.2) is 4.67 Å². The summed E-state index contributed by atoms with van der Waals surface area (Å²) in [5, 5.41) is 3.58. The molecule has 0 aliphatic carbocycles. The van der Waals surface area contributed by atoms with E-state index in [1.807, 2.05) is 18.2 Å². The van der Waals surface area contributed by atoms with Crippen molar-refractivity contribution in [1.29, 1.82) is 0 Å². The summed E-state index contributed by atoms with van der Waals surface area (Å²) in [4.78, 5) is 0. The molecule has 1 aromatic carbocycles. The molecule has 2 rings (SSSR count). The van der Waals surface area contributed by atoms with Gasteiger partial charge in [-0.25, -0.2) is 4.39 Å². The average molecular weight is 361 g/mol. The molecule has 0 spiro atoms. The second-order valence-electron chi connectivity index (χ2n) is 4.57. The molecule has 0 amide bonds. The number of hydrogen-bond acceptors (Lipinski definition) is 2. The summed E-state index contributed by atoms with van der Waals surface area (Å²) in [5.41, 5.74) is 0.771. The van der Waals surface area contributed by atoms with Gasteiger partial charge in [-0.1, -0.05) is 30.7 Å². The molecule has 20 heavy (non-hydrogen) atoms. The molecule has 1 unspecified atom stereocenters. The number of halogens is 3. The highest BCUT2D eigenvalue weighted by Gasteiger charge is 2.18. The van der Waals surface area contributed by atoms with E-state index < -0.39 is 0 Å². The minimum absolute atomic E-state index is 0.0273. The Hall–Kier alpha value is -0.840. The van der Waals surface area contributed by atoms with E-state index in [4.69, 9.17) is 16.0 Å². The van der Waals surface area contributed by atoms with Gasteiger partial charge < -0.3 is 9.73 Å². The zero-order valence-corrected chi connectivity index (χ0v) is 13.5. The Bertz CT molecular complexity index is 573. The van der Waals surface area contributed by atoms with E-state index in [2.05, 4.69) is 28.2 Å². The summed E-state index contributed by atoms with van der Waals surface area (Å²) in [6.45, 7) is 2.95. The third-order valence-corrected chi connectivity index (χ3v) is 3.88. The van der Waals surface area contributed by atoms with Crippen LogP contribution in [0, 0.1) is 5.82 Å². The highest BCUT2D eigenvalue weighted by atomic mass is 79.9. The van der Waals surface area contributed by atoms with E-state index >= 15 is 0 Å². The zero-order valence-electron chi connectivity index (χ0n) is 11.1. The maximum Gasteiger partial charge on any atom is 0.169 e. The quantitative estimate of drug-likeness (QED) is 0.773. The fraction of sp³-hybridized carbons (Fsp3) is 0.333. The summed E-state index contributed by atoms with van der Waals surface area (Å²) in [6, 6.07) is 8.60. The minimum atomic E-state index is -0.390. The van der Waals surface area contributed by atoms with Crippen molar-refractivity contribution in [2.24, 2.45) is 0 Å². The number of hydrogen-bond donors (Lipinski definition) is 1. The van der Waals surface area contributed by atoms with Crippen molar-refractivity contribution >= 4 is 27.5 Å². The minimum Gasteiger partial charge on any atom is -0.453 e. The second-order valence-corrected chi connectivity index (χ2v) is 5.73. The molecule has 0 radical (unpaired) electrons. The topological polar surface area (TPSA) is 25.2 Å². The molecular formula is C15H16BrClFNO. The van der Waals surface area contributed by atoms with Gasteiger partial charge in [0.05, 0.1) is 11.1 Å². The van der Waals surface area contributed by atoms with Crippen LogP contribution >= 0.6 is 27.5 Å². The molecule has 2 nitrogen and oxygen atoms in total. The molecule has 1 N–H and O–H groups in total. The first-order valence-corrected chi connectivity index (χ1v) is 7.70. The van der Waals surface area contributed by atoms with Crippen molar-refractivity contribution in [2.45, 2.75) is 25.8 Å². The van der Waals surface area contributed by atoms with Crippen molar-refractivity contribution < 1.29 is 8.81 Å². The number of benzene rings is 1. The number of furan rings is 1. The standard InChI is InChI=1S/C15H16BrClFNO/c1-2-8-19-12(13-6-7-14(16)20-13)9-10-4-3-5-11(18)15(10)17/h3-7,12,19H,2,8-9H2,1H3. The van der Waals surface area contributed by atoms with Crippen LogP contribution in [0.1, 0.15) is 30.7 Å². The zero-order chi connectivity index (χ0) is 14.5. The van der Waals surface area contributed by atoms with Crippen LogP contribution in [0.4, 0.5) is 4.39 Å². The summed E-state index contributed by atoms with van der Waals surface area (Å²) in [6.07, 6.45) is 1.59. The summed E-state index contributed by atoms with van der Waals surface area (Å²) in [5.74, 6) is 0.421. The SMILES string of the molecule is CCCNC(Cc1cccc(F)c1Cl)c1ccc(Br)o1. The van der Waals surface area contributed by atoms with Gasteiger partial charge in [-0.2, -0.15) is 0 Å².